The third kappa shape index (κ3) is 5.28. The van der Waals surface area contributed by atoms with E-state index in [2.05, 4.69) is 21.8 Å². The van der Waals surface area contributed by atoms with Gasteiger partial charge in [0, 0.05) is 30.7 Å². The van der Waals surface area contributed by atoms with Crippen LogP contribution in [0.25, 0.3) is 0 Å². The molecule has 0 saturated carbocycles. The van der Waals surface area contributed by atoms with Crippen molar-refractivity contribution in [2.45, 2.75) is 17.4 Å². The predicted octanol–water partition coefficient (Wildman–Crippen LogP) is 2.56. The quantitative estimate of drug-likeness (QED) is 0.784. The van der Waals surface area contributed by atoms with Gasteiger partial charge in [-0.15, -0.1) is 0 Å². The van der Waals surface area contributed by atoms with Gasteiger partial charge in [0.25, 0.3) is 0 Å². The van der Waals surface area contributed by atoms with Crippen LogP contribution in [0.1, 0.15) is 5.56 Å². The van der Waals surface area contributed by atoms with Crippen molar-refractivity contribution < 1.29 is 13.2 Å². The summed E-state index contributed by atoms with van der Waals surface area (Å²) in [4.78, 5) is 2.47. The summed E-state index contributed by atoms with van der Waals surface area (Å²) in [5.41, 5.74) is 1.19. The van der Waals surface area contributed by atoms with E-state index in [1.165, 1.54) is 11.6 Å². The summed E-state index contributed by atoms with van der Waals surface area (Å²) in [6, 6.07) is 16.5. The van der Waals surface area contributed by atoms with Crippen LogP contribution in [0.2, 0.25) is 5.02 Å². The van der Waals surface area contributed by atoms with Gasteiger partial charge in [0.15, 0.2) is 0 Å². The van der Waals surface area contributed by atoms with Crippen LogP contribution in [0.5, 0.6) is 0 Å². The third-order valence-electron chi connectivity index (χ3n) is 4.49. The summed E-state index contributed by atoms with van der Waals surface area (Å²) >= 11 is 5.93. The highest BCUT2D eigenvalue weighted by Gasteiger charge is 2.24. The van der Waals surface area contributed by atoms with Gasteiger partial charge < -0.3 is 4.74 Å². The molecular weight excluding hydrogens is 372 g/mol. The molecule has 7 heteroatoms. The first-order chi connectivity index (χ1) is 12.5. The molecule has 1 saturated heterocycles. The van der Waals surface area contributed by atoms with E-state index in [1.807, 2.05) is 18.2 Å². The molecule has 0 bridgehead atoms. The normalized spacial score (nSPS) is 17.1. The molecule has 26 heavy (non-hydrogen) atoms. The number of nitrogens with zero attached hydrogens (tertiary/aromatic N) is 1. The smallest absolute Gasteiger partial charge is 0.240 e. The van der Waals surface area contributed by atoms with Gasteiger partial charge in [-0.1, -0.05) is 48.0 Å². The van der Waals surface area contributed by atoms with Crippen molar-refractivity contribution in [1.82, 2.24) is 9.62 Å². The van der Waals surface area contributed by atoms with Crippen molar-refractivity contribution in [3.63, 3.8) is 0 Å². The number of nitrogens with one attached hydrogen (secondary N) is 1. The molecule has 5 nitrogen and oxygen atoms in total. The molecule has 0 amide bonds. The second-order valence-electron chi connectivity index (χ2n) is 6.30. The maximum Gasteiger partial charge on any atom is 0.240 e. The van der Waals surface area contributed by atoms with Crippen LogP contribution < -0.4 is 4.72 Å². The Bertz CT molecular complexity index is 809. The van der Waals surface area contributed by atoms with E-state index in [0.717, 1.165) is 19.5 Å². The largest absolute Gasteiger partial charge is 0.379 e. The standard InChI is InChI=1S/C19H23ClN2O3S/c20-17-7-4-8-19(14-17)26(23,24)21-15-18(22-9-11-25-12-10-22)13-16-5-2-1-3-6-16/h1-8,14,18,21H,9-13,15H2. The molecule has 1 aliphatic rings. The van der Waals surface area contributed by atoms with Gasteiger partial charge in [0.2, 0.25) is 10.0 Å². The van der Waals surface area contributed by atoms with Crippen LogP contribution in [0.4, 0.5) is 0 Å². The molecule has 0 spiro atoms. The maximum atomic E-state index is 12.6. The summed E-state index contributed by atoms with van der Waals surface area (Å²) < 4.78 is 33.4. The van der Waals surface area contributed by atoms with Crippen molar-refractivity contribution in [1.29, 1.82) is 0 Å². The monoisotopic (exact) mass is 394 g/mol. The Hall–Kier alpha value is -1.44. The molecule has 1 heterocycles. The van der Waals surface area contributed by atoms with E-state index in [0.29, 0.717) is 24.8 Å². The fraction of sp³-hybridized carbons (Fsp3) is 0.368. The number of morpholine rings is 1. The fourth-order valence-corrected chi connectivity index (χ4v) is 4.46. The number of ether oxygens (including phenoxy) is 1. The second-order valence-corrected chi connectivity index (χ2v) is 8.50. The van der Waals surface area contributed by atoms with Crippen molar-refractivity contribution in [3.05, 3.63) is 65.2 Å². The Labute approximate surface area is 160 Å². The lowest BCUT2D eigenvalue weighted by Crippen LogP contribution is -2.49. The molecule has 2 aromatic rings. The fourth-order valence-electron chi connectivity index (χ4n) is 3.08. The molecule has 1 fully saturated rings. The van der Waals surface area contributed by atoms with E-state index in [9.17, 15) is 8.42 Å². The van der Waals surface area contributed by atoms with E-state index < -0.39 is 10.0 Å². The van der Waals surface area contributed by atoms with E-state index in [-0.39, 0.29) is 10.9 Å². The molecule has 1 atom stereocenters. The minimum atomic E-state index is -3.60. The van der Waals surface area contributed by atoms with E-state index >= 15 is 0 Å². The lowest BCUT2D eigenvalue weighted by Gasteiger charge is -2.34. The van der Waals surface area contributed by atoms with Crippen molar-refractivity contribution in [2.24, 2.45) is 0 Å². The van der Waals surface area contributed by atoms with E-state index in [4.69, 9.17) is 16.3 Å². The first kappa shape index (κ1) is 19.3. The highest BCUT2D eigenvalue weighted by Crippen LogP contribution is 2.16. The van der Waals surface area contributed by atoms with Gasteiger partial charge in [0.05, 0.1) is 18.1 Å². The molecule has 0 aliphatic carbocycles. The molecule has 140 valence electrons. The summed E-state index contributed by atoms with van der Waals surface area (Å²) in [5, 5.41) is 0.405. The number of hydrogen-bond acceptors (Lipinski definition) is 4. The zero-order valence-corrected chi connectivity index (χ0v) is 16.0. The van der Waals surface area contributed by atoms with Crippen molar-refractivity contribution in [2.75, 3.05) is 32.8 Å². The SMILES string of the molecule is O=S(=O)(NCC(Cc1ccccc1)N1CCOCC1)c1cccc(Cl)c1. The lowest BCUT2D eigenvalue weighted by atomic mass is 10.0. The number of hydrogen-bond donors (Lipinski definition) is 1. The summed E-state index contributed by atoms with van der Waals surface area (Å²) in [6.45, 7) is 3.29. The van der Waals surface area contributed by atoms with Crippen LogP contribution in [-0.2, 0) is 21.2 Å². The van der Waals surface area contributed by atoms with E-state index in [1.54, 1.807) is 18.2 Å². The highest BCUT2D eigenvalue weighted by atomic mass is 35.5. The molecule has 2 aromatic carbocycles. The molecule has 1 N–H and O–H groups in total. The Morgan fingerprint density at radius 3 is 2.50 bits per heavy atom. The van der Waals surface area contributed by atoms with Crippen LogP contribution in [0.3, 0.4) is 0 Å². The van der Waals surface area contributed by atoms with Crippen LogP contribution in [-0.4, -0.2) is 52.2 Å². The highest BCUT2D eigenvalue weighted by molar-refractivity contribution is 7.89. The first-order valence-electron chi connectivity index (χ1n) is 8.65. The van der Waals surface area contributed by atoms with Crippen LogP contribution >= 0.6 is 11.6 Å². The number of benzene rings is 2. The Morgan fingerprint density at radius 2 is 1.81 bits per heavy atom. The summed E-state index contributed by atoms with van der Waals surface area (Å²) in [5.74, 6) is 0. The van der Waals surface area contributed by atoms with Gasteiger partial charge >= 0.3 is 0 Å². The van der Waals surface area contributed by atoms with Gasteiger partial charge in [-0.05, 0) is 30.2 Å². The average molecular weight is 395 g/mol. The minimum absolute atomic E-state index is 0.0651. The second kappa shape index (κ2) is 8.97. The topological polar surface area (TPSA) is 58.6 Å². The number of rotatable bonds is 7. The zero-order chi connectivity index (χ0) is 18.4. The molecular formula is C19H23ClN2O3S. The lowest BCUT2D eigenvalue weighted by molar-refractivity contribution is 0.0177. The Kier molecular flexibility index (Phi) is 6.67. The van der Waals surface area contributed by atoms with Gasteiger partial charge in [0.1, 0.15) is 0 Å². The zero-order valence-electron chi connectivity index (χ0n) is 14.5. The summed E-state index contributed by atoms with van der Waals surface area (Å²) in [6.07, 6.45) is 0.777. The van der Waals surface area contributed by atoms with Gasteiger partial charge in [-0.25, -0.2) is 13.1 Å². The molecule has 0 radical (unpaired) electrons. The molecule has 0 aromatic heterocycles. The van der Waals surface area contributed by atoms with Gasteiger partial charge in [-0.2, -0.15) is 0 Å². The van der Waals surface area contributed by atoms with Crippen molar-refractivity contribution >= 4 is 21.6 Å². The molecule has 1 unspecified atom stereocenters. The maximum absolute atomic E-state index is 12.6. The summed E-state index contributed by atoms with van der Waals surface area (Å²) in [7, 11) is -3.60. The molecule has 3 rings (SSSR count). The average Bonchev–Trinajstić information content (AvgIpc) is 2.67. The number of sulfonamides is 1. The molecule has 1 aliphatic heterocycles. The van der Waals surface area contributed by atoms with Crippen LogP contribution in [0.15, 0.2) is 59.5 Å². The Balaban J connectivity index is 1.72. The third-order valence-corrected chi connectivity index (χ3v) is 6.15. The first-order valence-corrected chi connectivity index (χ1v) is 10.5. The minimum Gasteiger partial charge on any atom is -0.379 e. The van der Waals surface area contributed by atoms with Crippen molar-refractivity contribution in [3.8, 4) is 0 Å². The number of halogens is 1. The Morgan fingerprint density at radius 1 is 1.08 bits per heavy atom. The van der Waals surface area contributed by atoms with Crippen LogP contribution in [0, 0.1) is 0 Å². The predicted molar refractivity (Wildman–Crippen MR) is 103 cm³/mol. The van der Waals surface area contributed by atoms with Gasteiger partial charge in [-0.3, -0.25) is 4.90 Å².